The van der Waals surface area contributed by atoms with E-state index in [1.165, 1.54) is 0 Å². The third kappa shape index (κ3) is 6.09. The summed E-state index contributed by atoms with van der Waals surface area (Å²) < 4.78 is 5.42. The fourth-order valence-corrected chi connectivity index (χ4v) is 1.61. The maximum atomic E-state index is 12.1. The van der Waals surface area contributed by atoms with Crippen LogP contribution in [0.15, 0.2) is 43.0 Å². The molecular formula is C16H23NO2. The topological polar surface area (TPSA) is 29.5 Å². The van der Waals surface area contributed by atoms with Crippen LogP contribution < -0.4 is 0 Å². The molecule has 0 N–H and O–H groups in total. The van der Waals surface area contributed by atoms with Crippen molar-refractivity contribution in [2.24, 2.45) is 0 Å². The van der Waals surface area contributed by atoms with Crippen LogP contribution in [-0.2, 0) is 11.3 Å². The lowest BCUT2D eigenvalue weighted by Gasteiger charge is -2.27. The van der Waals surface area contributed by atoms with Crippen LogP contribution in [0.25, 0.3) is 0 Å². The summed E-state index contributed by atoms with van der Waals surface area (Å²) in [5.41, 5.74) is 0.623. The van der Waals surface area contributed by atoms with Crippen molar-refractivity contribution < 1.29 is 9.53 Å². The number of ether oxygens (including phenoxy) is 1. The largest absolute Gasteiger partial charge is 0.444 e. The van der Waals surface area contributed by atoms with Gasteiger partial charge in [0, 0.05) is 13.1 Å². The van der Waals surface area contributed by atoms with Crippen LogP contribution in [0.1, 0.15) is 32.8 Å². The molecule has 1 amide bonds. The summed E-state index contributed by atoms with van der Waals surface area (Å²) in [5, 5.41) is 0. The monoisotopic (exact) mass is 261 g/mol. The van der Waals surface area contributed by atoms with Crippen LogP contribution in [-0.4, -0.2) is 23.1 Å². The minimum atomic E-state index is -0.472. The molecule has 19 heavy (non-hydrogen) atoms. The van der Waals surface area contributed by atoms with E-state index in [9.17, 15) is 4.79 Å². The normalized spacial score (nSPS) is 10.9. The molecule has 0 heterocycles. The molecule has 0 aromatic heterocycles. The lowest BCUT2D eigenvalue weighted by molar-refractivity contribution is 0.0237. The Bertz CT molecular complexity index is 407. The van der Waals surface area contributed by atoms with Crippen molar-refractivity contribution in [3.8, 4) is 0 Å². The van der Waals surface area contributed by atoms with Gasteiger partial charge in [-0.15, -0.1) is 6.58 Å². The predicted molar refractivity (Wildman–Crippen MR) is 77.9 cm³/mol. The number of hydrogen-bond acceptors (Lipinski definition) is 2. The molecule has 0 saturated carbocycles. The molecule has 0 bridgehead atoms. The molecule has 0 unspecified atom stereocenters. The standard InChI is InChI=1S/C16H23NO2/c1-5-6-12-17(15(18)19-16(2,3)4)13-14-10-8-7-9-11-14/h5,7-11H,1,6,12-13H2,2-4H3. The number of benzene rings is 1. The second-order valence-electron chi connectivity index (χ2n) is 5.46. The summed E-state index contributed by atoms with van der Waals surface area (Å²) in [4.78, 5) is 13.8. The summed E-state index contributed by atoms with van der Waals surface area (Å²) in [5.74, 6) is 0. The molecule has 104 valence electrons. The van der Waals surface area contributed by atoms with Crippen LogP contribution in [0.2, 0.25) is 0 Å². The molecule has 0 spiro atoms. The zero-order chi connectivity index (χ0) is 14.3. The molecule has 0 radical (unpaired) electrons. The van der Waals surface area contributed by atoms with Gasteiger partial charge in [0.1, 0.15) is 5.60 Å². The molecule has 1 aromatic carbocycles. The molecule has 0 aliphatic heterocycles. The Morgan fingerprint density at radius 3 is 2.47 bits per heavy atom. The minimum Gasteiger partial charge on any atom is -0.444 e. The van der Waals surface area contributed by atoms with E-state index < -0.39 is 5.60 Å². The van der Waals surface area contributed by atoms with Crippen LogP contribution in [0.3, 0.4) is 0 Å². The molecule has 1 rings (SSSR count). The zero-order valence-electron chi connectivity index (χ0n) is 12.1. The molecule has 0 atom stereocenters. The molecular weight excluding hydrogens is 238 g/mol. The predicted octanol–water partition coefficient (Wildman–Crippen LogP) is 4.00. The Hall–Kier alpha value is -1.77. The molecule has 3 nitrogen and oxygen atoms in total. The maximum Gasteiger partial charge on any atom is 0.410 e. The highest BCUT2D eigenvalue weighted by Gasteiger charge is 2.21. The van der Waals surface area contributed by atoms with Gasteiger partial charge in [-0.25, -0.2) is 4.79 Å². The summed E-state index contributed by atoms with van der Waals surface area (Å²) >= 11 is 0. The smallest absolute Gasteiger partial charge is 0.410 e. The molecule has 0 aliphatic rings. The zero-order valence-corrected chi connectivity index (χ0v) is 12.1. The quantitative estimate of drug-likeness (QED) is 0.750. The first-order valence-corrected chi connectivity index (χ1v) is 6.55. The molecule has 1 aromatic rings. The Kier molecular flexibility index (Phi) is 5.61. The Morgan fingerprint density at radius 1 is 1.32 bits per heavy atom. The third-order valence-corrected chi connectivity index (χ3v) is 2.47. The highest BCUT2D eigenvalue weighted by Crippen LogP contribution is 2.13. The number of carbonyl (C=O) groups excluding carboxylic acids is 1. The first-order chi connectivity index (χ1) is 8.92. The second kappa shape index (κ2) is 6.98. The van der Waals surface area contributed by atoms with E-state index in [1.807, 2.05) is 57.2 Å². The van der Waals surface area contributed by atoms with Crippen LogP contribution >= 0.6 is 0 Å². The number of amides is 1. The lowest BCUT2D eigenvalue weighted by atomic mass is 10.2. The van der Waals surface area contributed by atoms with Crippen LogP contribution in [0.5, 0.6) is 0 Å². The van der Waals surface area contributed by atoms with Crippen molar-refractivity contribution in [3.05, 3.63) is 48.6 Å². The second-order valence-corrected chi connectivity index (χ2v) is 5.46. The average molecular weight is 261 g/mol. The van der Waals surface area contributed by atoms with E-state index in [-0.39, 0.29) is 6.09 Å². The fraction of sp³-hybridized carbons (Fsp3) is 0.438. The summed E-state index contributed by atoms with van der Waals surface area (Å²) in [6, 6.07) is 9.91. The van der Waals surface area contributed by atoms with Gasteiger partial charge in [0.2, 0.25) is 0 Å². The van der Waals surface area contributed by atoms with Crippen molar-refractivity contribution in [2.75, 3.05) is 6.54 Å². The minimum absolute atomic E-state index is 0.279. The van der Waals surface area contributed by atoms with Gasteiger partial charge in [-0.3, -0.25) is 0 Å². The SMILES string of the molecule is C=CCCN(Cc1ccccc1)C(=O)OC(C)(C)C. The average Bonchev–Trinajstić information content (AvgIpc) is 2.33. The maximum absolute atomic E-state index is 12.1. The summed E-state index contributed by atoms with van der Waals surface area (Å²) in [7, 11) is 0. The summed E-state index contributed by atoms with van der Waals surface area (Å²) in [6.45, 7) is 10.5. The van der Waals surface area contributed by atoms with Crippen LogP contribution in [0, 0.1) is 0 Å². The number of nitrogens with zero attached hydrogens (tertiary/aromatic N) is 1. The van der Waals surface area contributed by atoms with Gasteiger partial charge >= 0.3 is 6.09 Å². The Morgan fingerprint density at radius 2 is 1.95 bits per heavy atom. The Balaban J connectivity index is 2.71. The van der Waals surface area contributed by atoms with Gasteiger partial charge in [0.15, 0.2) is 0 Å². The molecule has 0 saturated heterocycles. The summed E-state index contributed by atoms with van der Waals surface area (Å²) in [6.07, 6.45) is 2.28. The van der Waals surface area contributed by atoms with E-state index in [4.69, 9.17) is 4.74 Å². The van der Waals surface area contributed by atoms with Gasteiger partial charge in [0.25, 0.3) is 0 Å². The van der Waals surface area contributed by atoms with Crippen molar-refractivity contribution in [2.45, 2.75) is 39.3 Å². The van der Waals surface area contributed by atoms with Crippen molar-refractivity contribution in [1.82, 2.24) is 4.90 Å². The highest BCUT2D eigenvalue weighted by atomic mass is 16.6. The molecule has 0 aliphatic carbocycles. The van der Waals surface area contributed by atoms with Crippen LogP contribution in [0.4, 0.5) is 4.79 Å². The van der Waals surface area contributed by atoms with E-state index >= 15 is 0 Å². The van der Waals surface area contributed by atoms with Crippen molar-refractivity contribution in [1.29, 1.82) is 0 Å². The lowest BCUT2D eigenvalue weighted by Crippen LogP contribution is -2.36. The van der Waals surface area contributed by atoms with E-state index in [2.05, 4.69) is 6.58 Å². The van der Waals surface area contributed by atoms with E-state index in [0.29, 0.717) is 13.1 Å². The number of hydrogen-bond donors (Lipinski definition) is 0. The highest BCUT2D eigenvalue weighted by molar-refractivity contribution is 5.68. The van der Waals surface area contributed by atoms with Gasteiger partial charge in [0.05, 0.1) is 0 Å². The van der Waals surface area contributed by atoms with Crippen molar-refractivity contribution in [3.63, 3.8) is 0 Å². The molecule has 3 heteroatoms. The first kappa shape index (κ1) is 15.3. The van der Waals surface area contributed by atoms with Gasteiger partial charge < -0.3 is 9.64 Å². The Labute approximate surface area is 115 Å². The van der Waals surface area contributed by atoms with Gasteiger partial charge in [-0.2, -0.15) is 0 Å². The third-order valence-electron chi connectivity index (χ3n) is 2.47. The van der Waals surface area contributed by atoms with Crippen molar-refractivity contribution >= 4 is 6.09 Å². The number of carbonyl (C=O) groups is 1. The van der Waals surface area contributed by atoms with Gasteiger partial charge in [-0.1, -0.05) is 36.4 Å². The first-order valence-electron chi connectivity index (χ1n) is 6.55. The van der Waals surface area contributed by atoms with E-state index in [0.717, 1.165) is 12.0 Å². The van der Waals surface area contributed by atoms with E-state index in [1.54, 1.807) is 4.90 Å². The van der Waals surface area contributed by atoms with Gasteiger partial charge in [-0.05, 0) is 32.8 Å². The fourth-order valence-electron chi connectivity index (χ4n) is 1.61. The molecule has 0 fully saturated rings. The number of rotatable bonds is 5.